The molecule has 0 fully saturated rings. The summed E-state index contributed by atoms with van der Waals surface area (Å²) >= 11 is 0. The third-order valence-electron chi connectivity index (χ3n) is 2.23. The molecule has 4 nitrogen and oxygen atoms in total. The minimum absolute atomic E-state index is 0.142. The molecule has 100 valence electrons. The first kappa shape index (κ1) is 14.7. The van der Waals surface area contributed by atoms with Gasteiger partial charge in [0, 0.05) is 19.9 Å². The Morgan fingerprint density at radius 1 is 1.42 bits per heavy atom. The van der Waals surface area contributed by atoms with Crippen molar-refractivity contribution in [3.63, 3.8) is 0 Å². The number of carbonyl (C=O) groups excluding carboxylic acids is 1. The first-order valence-corrected chi connectivity index (χ1v) is 5.72. The summed E-state index contributed by atoms with van der Waals surface area (Å²) in [6, 6.07) is 4.05. The van der Waals surface area contributed by atoms with E-state index >= 15 is 0 Å². The molecule has 5 heteroatoms. The van der Waals surface area contributed by atoms with Crippen LogP contribution in [0.15, 0.2) is 18.2 Å². The predicted octanol–water partition coefficient (Wildman–Crippen LogP) is 1.33. The van der Waals surface area contributed by atoms with Gasteiger partial charge < -0.3 is 10.4 Å². The number of halogens is 1. The highest BCUT2D eigenvalue weighted by atomic mass is 19.1. The highest BCUT2D eigenvalue weighted by Gasteiger charge is 2.04. The second-order valence-electron chi connectivity index (χ2n) is 3.92. The Hall–Kier alpha value is -2.35. The van der Waals surface area contributed by atoms with Gasteiger partial charge in [0.1, 0.15) is 5.82 Å². The Bertz CT molecular complexity index is 543. The van der Waals surface area contributed by atoms with Crippen LogP contribution in [-0.2, 0) is 16.0 Å². The summed E-state index contributed by atoms with van der Waals surface area (Å²) in [5, 5.41) is 11.2. The van der Waals surface area contributed by atoms with E-state index in [4.69, 9.17) is 5.11 Å². The van der Waals surface area contributed by atoms with Gasteiger partial charge in [0.2, 0.25) is 5.91 Å². The number of nitrogens with one attached hydrogen (secondary N) is 1. The van der Waals surface area contributed by atoms with E-state index in [0.29, 0.717) is 18.5 Å². The summed E-state index contributed by atoms with van der Waals surface area (Å²) < 4.78 is 13.4. The summed E-state index contributed by atoms with van der Waals surface area (Å²) in [6.45, 7) is 1.81. The fourth-order valence-corrected chi connectivity index (χ4v) is 1.41. The van der Waals surface area contributed by atoms with E-state index in [0.717, 1.165) is 0 Å². The van der Waals surface area contributed by atoms with Crippen molar-refractivity contribution in [2.45, 2.75) is 19.8 Å². The number of hydrogen-bond acceptors (Lipinski definition) is 2. The summed E-state index contributed by atoms with van der Waals surface area (Å²) in [5.41, 5.74) is 0.668. The van der Waals surface area contributed by atoms with Crippen molar-refractivity contribution in [3.05, 3.63) is 35.1 Å². The third-order valence-corrected chi connectivity index (χ3v) is 2.23. The number of carbonyl (C=O) groups is 2. The summed E-state index contributed by atoms with van der Waals surface area (Å²) in [6.07, 6.45) is 0.239. The Morgan fingerprint density at radius 2 is 2.16 bits per heavy atom. The lowest BCUT2D eigenvalue weighted by Crippen LogP contribution is -2.20. The molecular formula is C14H14FNO3. The van der Waals surface area contributed by atoms with Crippen LogP contribution in [0.5, 0.6) is 0 Å². The lowest BCUT2D eigenvalue weighted by Gasteiger charge is -1.99. The van der Waals surface area contributed by atoms with E-state index in [1.165, 1.54) is 25.1 Å². The smallest absolute Gasteiger partial charge is 0.307 e. The summed E-state index contributed by atoms with van der Waals surface area (Å²) in [7, 11) is 0. The molecule has 0 aliphatic heterocycles. The summed E-state index contributed by atoms with van der Waals surface area (Å²) in [5.74, 6) is 3.75. The van der Waals surface area contributed by atoms with Crippen molar-refractivity contribution in [3.8, 4) is 11.8 Å². The maximum absolute atomic E-state index is 13.4. The zero-order chi connectivity index (χ0) is 14.3. The Morgan fingerprint density at radius 3 is 2.79 bits per heavy atom. The Kier molecular flexibility index (Phi) is 5.55. The van der Waals surface area contributed by atoms with Gasteiger partial charge in [0.25, 0.3) is 0 Å². The van der Waals surface area contributed by atoms with Gasteiger partial charge in [-0.2, -0.15) is 0 Å². The fraction of sp³-hybridized carbons (Fsp3) is 0.286. The van der Waals surface area contributed by atoms with Crippen molar-refractivity contribution in [2.75, 3.05) is 6.54 Å². The zero-order valence-corrected chi connectivity index (χ0v) is 10.5. The second kappa shape index (κ2) is 7.17. The zero-order valence-electron chi connectivity index (χ0n) is 10.5. The van der Waals surface area contributed by atoms with E-state index in [9.17, 15) is 14.0 Å². The predicted molar refractivity (Wildman–Crippen MR) is 67.9 cm³/mol. The van der Waals surface area contributed by atoms with Gasteiger partial charge in [-0.15, -0.1) is 0 Å². The normalized spacial score (nSPS) is 9.37. The van der Waals surface area contributed by atoms with Crippen LogP contribution in [0.1, 0.15) is 24.5 Å². The van der Waals surface area contributed by atoms with Crippen LogP contribution in [0.2, 0.25) is 0 Å². The topological polar surface area (TPSA) is 66.4 Å². The molecule has 2 N–H and O–H groups in total. The third kappa shape index (κ3) is 5.68. The van der Waals surface area contributed by atoms with E-state index in [1.807, 2.05) is 0 Å². The van der Waals surface area contributed by atoms with Gasteiger partial charge in [-0.25, -0.2) is 4.39 Å². The monoisotopic (exact) mass is 263 g/mol. The molecule has 1 rings (SSSR count). The molecule has 0 spiro atoms. The van der Waals surface area contributed by atoms with Gasteiger partial charge in [-0.05, 0) is 17.7 Å². The van der Waals surface area contributed by atoms with E-state index in [2.05, 4.69) is 17.2 Å². The molecule has 0 aromatic heterocycles. The van der Waals surface area contributed by atoms with Gasteiger partial charge in [-0.1, -0.05) is 17.9 Å². The lowest BCUT2D eigenvalue weighted by molar-refractivity contribution is -0.136. The number of amides is 1. The number of rotatable bonds is 4. The number of hydrogen-bond donors (Lipinski definition) is 2. The number of carboxylic acid groups (broad SMARTS) is 1. The molecule has 0 saturated heterocycles. The molecular weight excluding hydrogens is 249 g/mol. The SMILES string of the molecule is CC(=O)NCCC#Cc1cc(CC(=O)O)ccc1F. The highest BCUT2D eigenvalue weighted by Crippen LogP contribution is 2.10. The Labute approximate surface area is 110 Å². The van der Waals surface area contributed by atoms with Gasteiger partial charge in [0.05, 0.1) is 12.0 Å². The van der Waals surface area contributed by atoms with E-state index in [1.54, 1.807) is 0 Å². The van der Waals surface area contributed by atoms with Crippen LogP contribution in [0, 0.1) is 17.7 Å². The first-order chi connectivity index (χ1) is 8.99. The second-order valence-corrected chi connectivity index (χ2v) is 3.92. The average molecular weight is 263 g/mol. The van der Waals surface area contributed by atoms with Crippen LogP contribution >= 0.6 is 0 Å². The van der Waals surface area contributed by atoms with Gasteiger partial charge in [0.15, 0.2) is 0 Å². The van der Waals surface area contributed by atoms with Crippen molar-refractivity contribution < 1.29 is 19.1 Å². The van der Waals surface area contributed by atoms with E-state index < -0.39 is 11.8 Å². The fourth-order valence-electron chi connectivity index (χ4n) is 1.41. The first-order valence-electron chi connectivity index (χ1n) is 5.72. The molecule has 19 heavy (non-hydrogen) atoms. The standard InChI is InChI=1S/C14H14FNO3/c1-10(17)16-7-3-2-4-12-8-11(9-14(18)19)5-6-13(12)15/h5-6,8H,3,7,9H2,1H3,(H,16,17)(H,18,19). The summed E-state index contributed by atoms with van der Waals surface area (Å²) in [4.78, 5) is 21.2. The number of aliphatic carboxylic acids is 1. The van der Waals surface area contributed by atoms with Crippen molar-refractivity contribution in [2.24, 2.45) is 0 Å². The maximum atomic E-state index is 13.4. The molecule has 1 aromatic carbocycles. The van der Waals surface area contributed by atoms with Crippen molar-refractivity contribution in [1.82, 2.24) is 5.32 Å². The largest absolute Gasteiger partial charge is 0.481 e. The van der Waals surface area contributed by atoms with Crippen LogP contribution in [0.3, 0.4) is 0 Å². The molecule has 0 aliphatic carbocycles. The number of carboxylic acids is 1. The van der Waals surface area contributed by atoms with Gasteiger partial charge in [-0.3, -0.25) is 9.59 Å². The highest BCUT2D eigenvalue weighted by molar-refractivity contribution is 5.72. The molecule has 0 unspecified atom stereocenters. The average Bonchev–Trinajstić information content (AvgIpc) is 2.31. The minimum Gasteiger partial charge on any atom is -0.481 e. The van der Waals surface area contributed by atoms with Crippen molar-refractivity contribution in [1.29, 1.82) is 0 Å². The molecule has 0 heterocycles. The van der Waals surface area contributed by atoms with Crippen LogP contribution in [0.4, 0.5) is 4.39 Å². The van der Waals surface area contributed by atoms with E-state index in [-0.39, 0.29) is 17.9 Å². The molecule has 0 saturated carbocycles. The van der Waals surface area contributed by atoms with Gasteiger partial charge >= 0.3 is 5.97 Å². The van der Waals surface area contributed by atoms with Crippen LogP contribution < -0.4 is 5.32 Å². The molecule has 0 aliphatic rings. The molecule has 1 amide bonds. The molecule has 0 atom stereocenters. The minimum atomic E-state index is -0.976. The quantitative estimate of drug-likeness (QED) is 0.636. The molecule has 1 aromatic rings. The Balaban J connectivity index is 2.69. The maximum Gasteiger partial charge on any atom is 0.307 e. The molecule has 0 radical (unpaired) electrons. The molecule has 0 bridgehead atoms. The number of benzene rings is 1. The lowest BCUT2D eigenvalue weighted by atomic mass is 10.1. The van der Waals surface area contributed by atoms with Crippen molar-refractivity contribution >= 4 is 11.9 Å². The van der Waals surface area contributed by atoms with Crippen LogP contribution in [-0.4, -0.2) is 23.5 Å². The van der Waals surface area contributed by atoms with Crippen LogP contribution in [0.25, 0.3) is 0 Å².